The first-order valence-electron chi connectivity index (χ1n) is 6.80. The number of carbonyl (C=O) groups excluding carboxylic acids is 1. The van der Waals surface area contributed by atoms with Crippen LogP contribution in [0.4, 0.5) is 5.82 Å². The Morgan fingerprint density at radius 2 is 2.50 bits per heavy atom. The third-order valence-electron chi connectivity index (χ3n) is 3.39. The standard InChI is InChI=1S/C12H19N5O3/c18-12(9-16-7-4-11(15-16)17(19)20)14-6-3-10-2-1-5-13-8-10/h4,7,10,13H,1-3,5-6,8-9H2,(H,14,18). The summed E-state index contributed by atoms with van der Waals surface area (Å²) in [6.07, 6.45) is 4.78. The number of nitro groups is 1. The molecular weight excluding hydrogens is 262 g/mol. The number of rotatable bonds is 6. The molecule has 1 saturated heterocycles. The summed E-state index contributed by atoms with van der Waals surface area (Å²) in [5.74, 6) is 0.202. The van der Waals surface area contributed by atoms with Crippen LogP contribution in [0.1, 0.15) is 19.3 Å². The van der Waals surface area contributed by atoms with Crippen LogP contribution in [0.25, 0.3) is 0 Å². The Morgan fingerprint density at radius 3 is 3.15 bits per heavy atom. The predicted octanol–water partition coefficient (Wildman–Crippen LogP) is 0.297. The number of hydrogen-bond acceptors (Lipinski definition) is 5. The van der Waals surface area contributed by atoms with Crippen LogP contribution >= 0.6 is 0 Å². The van der Waals surface area contributed by atoms with E-state index in [-0.39, 0.29) is 18.3 Å². The van der Waals surface area contributed by atoms with Gasteiger partial charge in [-0.25, -0.2) is 0 Å². The molecule has 20 heavy (non-hydrogen) atoms. The zero-order valence-electron chi connectivity index (χ0n) is 11.2. The number of hydrogen-bond donors (Lipinski definition) is 2. The van der Waals surface area contributed by atoms with Gasteiger partial charge in [-0.3, -0.25) is 4.79 Å². The predicted molar refractivity (Wildman–Crippen MR) is 72.1 cm³/mol. The lowest BCUT2D eigenvalue weighted by molar-refractivity contribution is -0.389. The van der Waals surface area contributed by atoms with E-state index in [0.717, 1.165) is 19.5 Å². The van der Waals surface area contributed by atoms with E-state index in [0.29, 0.717) is 12.5 Å². The molecule has 110 valence electrons. The van der Waals surface area contributed by atoms with Gasteiger partial charge >= 0.3 is 5.82 Å². The molecule has 0 saturated carbocycles. The number of nitrogens with one attached hydrogen (secondary N) is 2. The molecule has 0 spiro atoms. The summed E-state index contributed by atoms with van der Waals surface area (Å²) < 4.78 is 1.27. The van der Waals surface area contributed by atoms with Crippen LogP contribution in [0.15, 0.2) is 12.3 Å². The molecule has 2 rings (SSSR count). The van der Waals surface area contributed by atoms with Gasteiger partial charge in [0.15, 0.2) is 0 Å². The number of piperidine rings is 1. The van der Waals surface area contributed by atoms with Crippen molar-refractivity contribution in [3.8, 4) is 0 Å². The van der Waals surface area contributed by atoms with E-state index in [2.05, 4.69) is 15.7 Å². The fraction of sp³-hybridized carbons (Fsp3) is 0.667. The Bertz CT molecular complexity index is 467. The van der Waals surface area contributed by atoms with Crippen LogP contribution in [-0.4, -0.2) is 40.2 Å². The number of carbonyl (C=O) groups is 1. The molecule has 8 nitrogen and oxygen atoms in total. The molecule has 0 radical (unpaired) electrons. The van der Waals surface area contributed by atoms with Crippen molar-refractivity contribution in [1.82, 2.24) is 20.4 Å². The van der Waals surface area contributed by atoms with Crippen molar-refractivity contribution in [2.75, 3.05) is 19.6 Å². The highest BCUT2D eigenvalue weighted by Crippen LogP contribution is 2.12. The summed E-state index contributed by atoms with van der Waals surface area (Å²) >= 11 is 0. The monoisotopic (exact) mass is 281 g/mol. The molecule has 2 N–H and O–H groups in total. The number of nitrogens with zero attached hydrogens (tertiary/aromatic N) is 3. The highest BCUT2D eigenvalue weighted by molar-refractivity contribution is 5.75. The van der Waals surface area contributed by atoms with Crippen molar-refractivity contribution in [2.24, 2.45) is 5.92 Å². The van der Waals surface area contributed by atoms with Crippen molar-refractivity contribution in [1.29, 1.82) is 0 Å². The third kappa shape index (κ3) is 4.30. The van der Waals surface area contributed by atoms with E-state index in [1.807, 2.05) is 0 Å². The van der Waals surface area contributed by atoms with E-state index in [1.165, 1.54) is 29.8 Å². The Kier molecular flexibility index (Phi) is 5.05. The van der Waals surface area contributed by atoms with Gasteiger partial charge in [-0.15, -0.1) is 0 Å². The first kappa shape index (κ1) is 14.4. The largest absolute Gasteiger partial charge is 0.389 e. The lowest BCUT2D eigenvalue weighted by atomic mass is 9.96. The van der Waals surface area contributed by atoms with Gasteiger partial charge in [0.25, 0.3) is 0 Å². The maximum absolute atomic E-state index is 11.7. The zero-order chi connectivity index (χ0) is 14.4. The first-order valence-corrected chi connectivity index (χ1v) is 6.80. The number of aromatic nitrogens is 2. The van der Waals surface area contributed by atoms with E-state index < -0.39 is 4.92 Å². The highest BCUT2D eigenvalue weighted by atomic mass is 16.6. The van der Waals surface area contributed by atoms with Crippen molar-refractivity contribution >= 4 is 11.7 Å². The Labute approximate surface area is 116 Å². The second-order valence-electron chi connectivity index (χ2n) is 4.98. The minimum atomic E-state index is -0.579. The maximum Gasteiger partial charge on any atom is 0.389 e. The van der Waals surface area contributed by atoms with E-state index in [1.54, 1.807) is 0 Å². The van der Waals surface area contributed by atoms with Crippen molar-refractivity contribution < 1.29 is 9.72 Å². The molecule has 0 bridgehead atoms. The van der Waals surface area contributed by atoms with Gasteiger partial charge in [0.2, 0.25) is 5.91 Å². The topological polar surface area (TPSA) is 102 Å². The van der Waals surface area contributed by atoms with Gasteiger partial charge in [0.05, 0.1) is 17.4 Å². The summed E-state index contributed by atoms with van der Waals surface area (Å²) in [6, 6.07) is 1.28. The highest BCUT2D eigenvalue weighted by Gasteiger charge is 2.15. The molecule has 8 heteroatoms. The fourth-order valence-electron chi connectivity index (χ4n) is 2.33. The molecule has 1 aromatic heterocycles. The molecule has 1 fully saturated rings. The molecule has 0 aromatic carbocycles. The molecule has 2 heterocycles. The average Bonchev–Trinajstić information content (AvgIpc) is 2.88. The van der Waals surface area contributed by atoms with Gasteiger partial charge in [0.1, 0.15) is 6.54 Å². The van der Waals surface area contributed by atoms with Gasteiger partial charge < -0.3 is 20.7 Å². The van der Waals surface area contributed by atoms with Crippen molar-refractivity contribution in [2.45, 2.75) is 25.8 Å². The summed E-state index contributed by atoms with van der Waals surface area (Å²) in [5.41, 5.74) is 0. The van der Waals surface area contributed by atoms with Gasteiger partial charge in [0, 0.05) is 6.54 Å². The zero-order valence-corrected chi connectivity index (χ0v) is 11.2. The normalized spacial score (nSPS) is 18.7. The lowest BCUT2D eigenvalue weighted by Gasteiger charge is -2.22. The van der Waals surface area contributed by atoms with Gasteiger partial charge in [-0.2, -0.15) is 4.68 Å². The average molecular weight is 281 g/mol. The SMILES string of the molecule is O=C(Cn1ccc([N+](=O)[O-])n1)NCCC1CCCNC1. The molecule has 1 amide bonds. The van der Waals surface area contributed by atoms with E-state index in [9.17, 15) is 14.9 Å². The van der Waals surface area contributed by atoms with Crippen LogP contribution in [0, 0.1) is 16.0 Å². The minimum Gasteiger partial charge on any atom is -0.358 e. The molecule has 1 aliphatic heterocycles. The first-order chi connectivity index (χ1) is 9.65. The molecule has 1 aromatic rings. The molecule has 1 atom stereocenters. The summed E-state index contributed by atoms with van der Waals surface area (Å²) in [7, 11) is 0. The van der Waals surface area contributed by atoms with E-state index in [4.69, 9.17) is 0 Å². The van der Waals surface area contributed by atoms with Crippen LogP contribution in [0.3, 0.4) is 0 Å². The van der Waals surface area contributed by atoms with Crippen LogP contribution in [0.2, 0.25) is 0 Å². The quantitative estimate of drug-likeness (QED) is 0.576. The smallest absolute Gasteiger partial charge is 0.358 e. The lowest BCUT2D eigenvalue weighted by Crippen LogP contribution is -2.34. The summed E-state index contributed by atoms with van der Waals surface area (Å²) in [5, 5.41) is 20.3. The maximum atomic E-state index is 11.7. The Morgan fingerprint density at radius 1 is 1.65 bits per heavy atom. The van der Waals surface area contributed by atoms with Crippen LogP contribution < -0.4 is 10.6 Å². The molecule has 1 unspecified atom stereocenters. The summed E-state index contributed by atoms with van der Waals surface area (Å²) in [6.45, 7) is 2.74. The van der Waals surface area contributed by atoms with Gasteiger partial charge in [-0.05, 0) is 43.2 Å². The molecule has 1 aliphatic rings. The van der Waals surface area contributed by atoms with Gasteiger partial charge in [-0.1, -0.05) is 0 Å². The summed E-state index contributed by atoms with van der Waals surface area (Å²) in [4.78, 5) is 21.6. The van der Waals surface area contributed by atoms with Crippen molar-refractivity contribution in [3.63, 3.8) is 0 Å². The molecular formula is C12H19N5O3. The second-order valence-corrected chi connectivity index (χ2v) is 4.98. The fourth-order valence-corrected chi connectivity index (χ4v) is 2.33. The molecule has 0 aliphatic carbocycles. The Hall–Kier alpha value is -1.96. The van der Waals surface area contributed by atoms with E-state index >= 15 is 0 Å². The minimum absolute atomic E-state index is 0.0107. The second kappa shape index (κ2) is 6.99. The van der Waals surface area contributed by atoms with Crippen LogP contribution in [0.5, 0.6) is 0 Å². The Balaban J connectivity index is 1.67. The third-order valence-corrected chi connectivity index (χ3v) is 3.39. The van der Waals surface area contributed by atoms with Crippen LogP contribution in [-0.2, 0) is 11.3 Å². The number of amides is 1. The van der Waals surface area contributed by atoms with Crippen molar-refractivity contribution in [3.05, 3.63) is 22.4 Å².